The molecule has 0 atom stereocenters. The van der Waals surface area contributed by atoms with Crippen molar-refractivity contribution in [1.29, 1.82) is 5.26 Å². The number of rotatable bonds is 2. The Bertz CT molecular complexity index is 661. The van der Waals surface area contributed by atoms with E-state index in [-0.39, 0.29) is 0 Å². The fourth-order valence-electron chi connectivity index (χ4n) is 2.07. The number of aromatic nitrogens is 2. The zero-order valence-corrected chi connectivity index (χ0v) is 11.6. The predicted molar refractivity (Wildman–Crippen MR) is 76.5 cm³/mol. The quantitative estimate of drug-likeness (QED) is 0.891. The monoisotopic (exact) mass is 255 g/mol. The summed E-state index contributed by atoms with van der Waals surface area (Å²) in [4.78, 5) is 1.79. The van der Waals surface area contributed by atoms with Crippen LogP contribution in [-0.4, -0.2) is 23.9 Å². The van der Waals surface area contributed by atoms with Gasteiger partial charge in [-0.25, -0.2) is 4.68 Å². The largest absolute Gasteiger partial charge is 0.382 e. The van der Waals surface area contributed by atoms with E-state index in [2.05, 4.69) is 17.2 Å². The third kappa shape index (κ3) is 2.13. The van der Waals surface area contributed by atoms with Crippen LogP contribution >= 0.6 is 0 Å². The van der Waals surface area contributed by atoms with Crippen LogP contribution < -0.4 is 10.6 Å². The molecule has 0 saturated carbocycles. The molecule has 2 rings (SSSR count). The molecule has 0 bridgehead atoms. The maximum Gasteiger partial charge on any atom is 0.170 e. The van der Waals surface area contributed by atoms with Crippen LogP contribution in [0.1, 0.15) is 16.7 Å². The number of hydrogen-bond donors (Lipinski definition) is 1. The van der Waals surface area contributed by atoms with Crippen molar-refractivity contribution in [2.45, 2.75) is 13.8 Å². The number of nitrogen functional groups attached to an aromatic ring is 1. The molecule has 0 saturated heterocycles. The number of nitrogens with two attached hydrogens (primary N) is 1. The number of benzene rings is 1. The van der Waals surface area contributed by atoms with E-state index in [9.17, 15) is 5.26 Å². The molecule has 0 spiro atoms. The van der Waals surface area contributed by atoms with Crippen LogP contribution in [-0.2, 0) is 0 Å². The molecule has 0 aliphatic rings. The Morgan fingerprint density at radius 3 is 2.47 bits per heavy atom. The third-order valence-electron chi connectivity index (χ3n) is 3.02. The highest BCUT2D eigenvalue weighted by Crippen LogP contribution is 2.27. The van der Waals surface area contributed by atoms with Gasteiger partial charge in [0.05, 0.1) is 5.69 Å². The van der Waals surface area contributed by atoms with Crippen LogP contribution in [0.3, 0.4) is 0 Å². The van der Waals surface area contributed by atoms with Crippen molar-refractivity contribution in [2.75, 3.05) is 24.7 Å². The van der Waals surface area contributed by atoms with Crippen molar-refractivity contribution in [2.24, 2.45) is 0 Å². The Labute approximate surface area is 112 Å². The van der Waals surface area contributed by atoms with Gasteiger partial charge in [-0.1, -0.05) is 17.7 Å². The lowest BCUT2D eigenvalue weighted by Crippen LogP contribution is -2.11. The van der Waals surface area contributed by atoms with Gasteiger partial charge in [-0.05, 0) is 25.5 Å². The molecular weight excluding hydrogens is 238 g/mol. The summed E-state index contributed by atoms with van der Waals surface area (Å²) >= 11 is 0. The van der Waals surface area contributed by atoms with Crippen molar-refractivity contribution in [3.63, 3.8) is 0 Å². The molecule has 0 fully saturated rings. The molecule has 2 aromatic rings. The van der Waals surface area contributed by atoms with Gasteiger partial charge in [-0.15, -0.1) is 5.10 Å². The fraction of sp³-hybridized carbons (Fsp3) is 0.286. The highest BCUT2D eigenvalue weighted by Gasteiger charge is 2.18. The van der Waals surface area contributed by atoms with Crippen LogP contribution in [0.2, 0.25) is 0 Å². The number of hydrogen-bond acceptors (Lipinski definition) is 4. The van der Waals surface area contributed by atoms with E-state index in [1.165, 1.54) is 5.56 Å². The van der Waals surface area contributed by atoms with Gasteiger partial charge in [0, 0.05) is 14.1 Å². The number of anilines is 2. The molecule has 1 aromatic heterocycles. The van der Waals surface area contributed by atoms with Gasteiger partial charge >= 0.3 is 0 Å². The van der Waals surface area contributed by atoms with Crippen molar-refractivity contribution in [3.8, 4) is 11.8 Å². The highest BCUT2D eigenvalue weighted by molar-refractivity contribution is 5.67. The van der Waals surface area contributed by atoms with E-state index in [0.717, 1.165) is 11.3 Å². The van der Waals surface area contributed by atoms with E-state index < -0.39 is 0 Å². The third-order valence-corrected chi connectivity index (χ3v) is 3.02. The molecule has 98 valence electrons. The average molecular weight is 255 g/mol. The second-order valence-electron chi connectivity index (χ2n) is 4.79. The summed E-state index contributed by atoms with van der Waals surface area (Å²) in [5.41, 5.74) is 9.60. The zero-order chi connectivity index (χ0) is 14.2. The summed E-state index contributed by atoms with van der Waals surface area (Å²) in [5, 5.41) is 13.6. The van der Waals surface area contributed by atoms with Crippen LogP contribution in [0.4, 0.5) is 11.6 Å². The molecule has 5 nitrogen and oxygen atoms in total. The molecule has 1 aromatic carbocycles. The Morgan fingerprint density at radius 2 is 2.00 bits per heavy atom. The smallest absolute Gasteiger partial charge is 0.170 e. The molecule has 2 N–H and O–H groups in total. The van der Waals surface area contributed by atoms with Gasteiger partial charge in [-0.3, -0.25) is 0 Å². The fourth-order valence-corrected chi connectivity index (χ4v) is 2.07. The summed E-state index contributed by atoms with van der Waals surface area (Å²) in [5.74, 6) is 0.957. The first kappa shape index (κ1) is 13.0. The second-order valence-corrected chi connectivity index (χ2v) is 4.79. The Kier molecular flexibility index (Phi) is 3.17. The van der Waals surface area contributed by atoms with E-state index in [1.807, 2.05) is 40.1 Å². The van der Waals surface area contributed by atoms with Gasteiger partial charge in [0.25, 0.3) is 0 Å². The van der Waals surface area contributed by atoms with Crippen molar-refractivity contribution < 1.29 is 0 Å². The van der Waals surface area contributed by atoms with Crippen molar-refractivity contribution in [1.82, 2.24) is 9.78 Å². The first-order valence-electron chi connectivity index (χ1n) is 5.99. The SMILES string of the molecule is Cc1ccc(-n2nc(N(C)C)c(C#N)c2N)c(C)c1. The zero-order valence-electron chi connectivity index (χ0n) is 11.6. The first-order valence-corrected chi connectivity index (χ1v) is 5.99. The second kappa shape index (κ2) is 4.65. The van der Waals surface area contributed by atoms with Gasteiger partial charge in [0.1, 0.15) is 17.5 Å². The van der Waals surface area contributed by atoms with Gasteiger partial charge in [-0.2, -0.15) is 5.26 Å². The predicted octanol–water partition coefficient (Wildman–Crippen LogP) is 2.01. The van der Waals surface area contributed by atoms with E-state index >= 15 is 0 Å². The lowest BCUT2D eigenvalue weighted by Gasteiger charge is -2.09. The van der Waals surface area contributed by atoms with Gasteiger partial charge < -0.3 is 10.6 Å². The minimum Gasteiger partial charge on any atom is -0.382 e. The number of aryl methyl sites for hydroxylation is 2. The summed E-state index contributed by atoms with van der Waals surface area (Å²) in [6.07, 6.45) is 0. The lowest BCUT2D eigenvalue weighted by molar-refractivity contribution is 0.867. The molecule has 0 aliphatic heterocycles. The average Bonchev–Trinajstić information content (AvgIpc) is 2.66. The minimum atomic E-state index is 0.373. The standard InChI is InChI=1S/C14H17N5/c1-9-5-6-12(10(2)7-9)19-13(16)11(8-15)14(17-19)18(3)4/h5-7H,16H2,1-4H3. The Morgan fingerprint density at radius 1 is 1.32 bits per heavy atom. The normalized spacial score (nSPS) is 10.3. The molecule has 0 radical (unpaired) electrons. The summed E-state index contributed by atoms with van der Waals surface area (Å²) in [6.45, 7) is 4.04. The topological polar surface area (TPSA) is 70.9 Å². The van der Waals surface area contributed by atoms with Crippen molar-refractivity contribution >= 4 is 11.6 Å². The van der Waals surface area contributed by atoms with E-state index in [0.29, 0.717) is 17.2 Å². The molecular formula is C14H17N5. The lowest BCUT2D eigenvalue weighted by atomic mass is 10.1. The number of nitrogens with zero attached hydrogens (tertiary/aromatic N) is 4. The van der Waals surface area contributed by atoms with E-state index in [1.54, 1.807) is 9.58 Å². The Balaban J connectivity index is 2.67. The molecule has 0 amide bonds. The first-order chi connectivity index (χ1) is 8.95. The van der Waals surface area contributed by atoms with Gasteiger partial charge in [0.15, 0.2) is 5.82 Å². The van der Waals surface area contributed by atoms with E-state index in [4.69, 9.17) is 5.73 Å². The summed E-state index contributed by atoms with van der Waals surface area (Å²) < 4.78 is 1.63. The minimum absolute atomic E-state index is 0.373. The maximum absolute atomic E-state index is 9.21. The molecule has 0 unspecified atom stereocenters. The van der Waals surface area contributed by atoms with Crippen LogP contribution in [0.15, 0.2) is 18.2 Å². The van der Waals surface area contributed by atoms with Crippen LogP contribution in [0.25, 0.3) is 5.69 Å². The Hall–Kier alpha value is -2.48. The molecule has 0 aliphatic carbocycles. The van der Waals surface area contributed by atoms with Crippen molar-refractivity contribution in [3.05, 3.63) is 34.9 Å². The molecule has 5 heteroatoms. The summed E-state index contributed by atoms with van der Waals surface area (Å²) in [6, 6.07) is 8.16. The molecule has 1 heterocycles. The van der Waals surface area contributed by atoms with Crippen LogP contribution in [0.5, 0.6) is 0 Å². The maximum atomic E-state index is 9.21. The van der Waals surface area contributed by atoms with Gasteiger partial charge in [0.2, 0.25) is 0 Å². The number of nitriles is 1. The summed E-state index contributed by atoms with van der Waals surface area (Å²) in [7, 11) is 3.68. The van der Waals surface area contributed by atoms with Crippen LogP contribution in [0, 0.1) is 25.2 Å². The molecule has 19 heavy (non-hydrogen) atoms. The highest BCUT2D eigenvalue weighted by atomic mass is 15.4.